The summed E-state index contributed by atoms with van der Waals surface area (Å²) in [5, 5.41) is 2.81. The number of aryl methyl sites for hydroxylation is 1. The lowest BCUT2D eigenvalue weighted by molar-refractivity contribution is -0.115. The zero-order valence-corrected chi connectivity index (χ0v) is 9.84. The summed E-state index contributed by atoms with van der Waals surface area (Å²) in [6.07, 6.45) is 2.45. The summed E-state index contributed by atoms with van der Waals surface area (Å²) < 4.78 is 0. The van der Waals surface area contributed by atoms with E-state index < -0.39 is 0 Å². The summed E-state index contributed by atoms with van der Waals surface area (Å²) in [5.74, 6) is -0.0156. The summed E-state index contributed by atoms with van der Waals surface area (Å²) in [6.45, 7) is 3.85. The van der Waals surface area contributed by atoms with E-state index in [1.165, 1.54) is 0 Å². The molecule has 1 unspecified atom stereocenters. The molecule has 0 aliphatic rings. The van der Waals surface area contributed by atoms with Gasteiger partial charge in [-0.1, -0.05) is 22.9 Å². The highest BCUT2D eigenvalue weighted by molar-refractivity contribution is 9.10. The van der Waals surface area contributed by atoms with Crippen molar-refractivity contribution in [1.29, 1.82) is 0 Å². The van der Waals surface area contributed by atoms with Gasteiger partial charge in [0.1, 0.15) is 0 Å². The van der Waals surface area contributed by atoms with Gasteiger partial charge in [-0.25, -0.2) is 0 Å². The second-order valence-corrected chi connectivity index (χ2v) is 4.16. The molecule has 1 rings (SSSR count). The van der Waals surface area contributed by atoms with E-state index in [1.807, 2.05) is 19.9 Å². The minimum atomic E-state index is -0.129. The van der Waals surface area contributed by atoms with Crippen molar-refractivity contribution in [1.82, 2.24) is 4.98 Å². The van der Waals surface area contributed by atoms with E-state index in [0.29, 0.717) is 0 Å². The first-order valence-corrected chi connectivity index (χ1v) is 5.42. The molecular weight excluding hydrogens is 244 g/mol. The van der Waals surface area contributed by atoms with E-state index in [1.54, 1.807) is 12.3 Å². The predicted molar refractivity (Wildman–Crippen MR) is 60.6 cm³/mol. The van der Waals surface area contributed by atoms with Gasteiger partial charge in [-0.15, -0.1) is 0 Å². The largest absolute Gasteiger partial charge is 0.325 e. The lowest BCUT2D eigenvalue weighted by Crippen LogP contribution is -2.21. The van der Waals surface area contributed by atoms with Gasteiger partial charge in [0, 0.05) is 17.6 Å². The van der Waals surface area contributed by atoms with Gasteiger partial charge in [-0.05, 0) is 25.5 Å². The molecule has 1 N–H and O–H groups in total. The fourth-order valence-corrected chi connectivity index (χ4v) is 1.14. The molecule has 0 spiro atoms. The van der Waals surface area contributed by atoms with Crippen LogP contribution >= 0.6 is 15.9 Å². The number of alkyl halides is 1. The van der Waals surface area contributed by atoms with Crippen molar-refractivity contribution in [3.05, 3.63) is 24.0 Å². The highest BCUT2D eigenvalue weighted by Crippen LogP contribution is 2.11. The number of amides is 1. The molecular formula is C10H13BrN2O. The molecule has 76 valence electrons. The van der Waals surface area contributed by atoms with Crippen LogP contribution in [0.3, 0.4) is 0 Å². The molecule has 4 heteroatoms. The zero-order chi connectivity index (χ0) is 10.6. The van der Waals surface area contributed by atoms with Crippen LogP contribution in [0.15, 0.2) is 18.3 Å². The standard InChI is InChI=1S/C10H13BrN2O/c1-3-9(11)10(14)13-8-4-5-12-7(2)6-8/h4-6,9H,3H2,1-2H3,(H,12,13,14). The monoisotopic (exact) mass is 256 g/mol. The molecule has 1 aromatic rings. The van der Waals surface area contributed by atoms with Crippen LogP contribution in [0.5, 0.6) is 0 Å². The van der Waals surface area contributed by atoms with Crippen molar-refractivity contribution >= 4 is 27.5 Å². The van der Waals surface area contributed by atoms with Crippen molar-refractivity contribution in [3.63, 3.8) is 0 Å². The van der Waals surface area contributed by atoms with Crippen LogP contribution in [-0.2, 0) is 4.79 Å². The summed E-state index contributed by atoms with van der Waals surface area (Å²) in [6, 6.07) is 3.62. The van der Waals surface area contributed by atoms with Gasteiger partial charge in [-0.2, -0.15) is 0 Å². The Kier molecular flexibility index (Phi) is 4.07. The Bertz CT molecular complexity index is 328. The quantitative estimate of drug-likeness (QED) is 0.845. The molecule has 14 heavy (non-hydrogen) atoms. The first-order chi connectivity index (χ1) is 6.63. The SMILES string of the molecule is CCC(Br)C(=O)Nc1ccnc(C)c1. The van der Waals surface area contributed by atoms with Gasteiger partial charge in [-0.3, -0.25) is 9.78 Å². The maximum absolute atomic E-state index is 11.5. The van der Waals surface area contributed by atoms with E-state index in [2.05, 4.69) is 26.2 Å². The van der Waals surface area contributed by atoms with Gasteiger partial charge in [0.2, 0.25) is 5.91 Å². The van der Waals surface area contributed by atoms with Gasteiger partial charge in [0.15, 0.2) is 0 Å². The van der Waals surface area contributed by atoms with Gasteiger partial charge >= 0.3 is 0 Å². The lowest BCUT2D eigenvalue weighted by atomic mass is 10.3. The van der Waals surface area contributed by atoms with E-state index in [0.717, 1.165) is 17.8 Å². The fraction of sp³-hybridized carbons (Fsp3) is 0.400. The molecule has 0 saturated carbocycles. The Morgan fingerprint density at radius 3 is 3.00 bits per heavy atom. The minimum Gasteiger partial charge on any atom is -0.325 e. The van der Waals surface area contributed by atoms with Gasteiger partial charge in [0.05, 0.1) is 4.83 Å². The topological polar surface area (TPSA) is 42.0 Å². The highest BCUT2D eigenvalue weighted by atomic mass is 79.9. The molecule has 0 aromatic carbocycles. The molecule has 0 saturated heterocycles. The number of rotatable bonds is 3. The Morgan fingerprint density at radius 1 is 1.71 bits per heavy atom. The Morgan fingerprint density at radius 2 is 2.43 bits per heavy atom. The van der Waals surface area contributed by atoms with Crippen LogP contribution in [0.4, 0.5) is 5.69 Å². The summed E-state index contributed by atoms with van der Waals surface area (Å²) in [4.78, 5) is 15.4. The molecule has 3 nitrogen and oxygen atoms in total. The highest BCUT2D eigenvalue weighted by Gasteiger charge is 2.11. The average molecular weight is 257 g/mol. The number of hydrogen-bond donors (Lipinski definition) is 1. The van der Waals surface area contributed by atoms with E-state index in [9.17, 15) is 4.79 Å². The van der Waals surface area contributed by atoms with E-state index in [4.69, 9.17) is 0 Å². The van der Waals surface area contributed by atoms with Gasteiger partial charge < -0.3 is 5.32 Å². The minimum absolute atomic E-state index is 0.0156. The van der Waals surface area contributed by atoms with Crippen molar-refractivity contribution in [2.24, 2.45) is 0 Å². The van der Waals surface area contributed by atoms with Crippen molar-refractivity contribution in [3.8, 4) is 0 Å². The number of aromatic nitrogens is 1. The molecule has 0 aliphatic carbocycles. The second-order valence-electron chi connectivity index (χ2n) is 3.05. The van der Waals surface area contributed by atoms with Crippen molar-refractivity contribution < 1.29 is 4.79 Å². The normalized spacial score (nSPS) is 12.2. The number of nitrogens with zero attached hydrogens (tertiary/aromatic N) is 1. The maximum Gasteiger partial charge on any atom is 0.238 e. The zero-order valence-electron chi connectivity index (χ0n) is 8.25. The molecule has 0 fully saturated rings. The number of carbonyl (C=O) groups is 1. The van der Waals surface area contributed by atoms with E-state index in [-0.39, 0.29) is 10.7 Å². The van der Waals surface area contributed by atoms with Crippen LogP contribution in [0.25, 0.3) is 0 Å². The molecule has 0 radical (unpaired) electrons. The smallest absolute Gasteiger partial charge is 0.238 e. The molecule has 0 aliphatic heterocycles. The first-order valence-electron chi connectivity index (χ1n) is 4.51. The van der Waals surface area contributed by atoms with Gasteiger partial charge in [0.25, 0.3) is 0 Å². The lowest BCUT2D eigenvalue weighted by Gasteiger charge is -2.08. The number of hydrogen-bond acceptors (Lipinski definition) is 2. The summed E-state index contributed by atoms with van der Waals surface area (Å²) >= 11 is 3.29. The number of halogens is 1. The Hall–Kier alpha value is -0.900. The third kappa shape index (κ3) is 3.10. The van der Waals surface area contributed by atoms with Crippen LogP contribution in [0.1, 0.15) is 19.0 Å². The number of nitrogens with one attached hydrogen (secondary N) is 1. The molecule has 1 amide bonds. The average Bonchev–Trinajstić information content (AvgIpc) is 2.16. The van der Waals surface area contributed by atoms with Crippen LogP contribution < -0.4 is 5.32 Å². The number of pyridine rings is 1. The Balaban J connectivity index is 2.65. The van der Waals surface area contributed by atoms with Crippen molar-refractivity contribution in [2.45, 2.75) is 25.1 Å². The third-order valence-electron chi connectivity index (χ3n) is 1.81. The summed E-state index contributed by atoms with van der Waals surface area (Å²) in [7, 11) is 0. The first kappa shape index (κ1) is 11.2. The van der Waals surface area contributed by atoms with E-state index >= 15 is 0 Å². The third-order valence-corrected chi connectivity index (χ3v) is 2.87. The number of carbonyl (C=O) groups excluding carboxylic acids is 1. The van der Waals surface area contributed by atoms with Crippen LogP contribution in [-0.4, -0.2) is 15.7 Å². The molecule has 1 heterocycles. The van der Waals surface area contributed by atoms with Crippen LogP contribution in [0.2, 0.25) is 0 Å². The maximum atomic E-state index is 11.5. The predicted octanol–water partition coefficient (Wildman–Crippen LogP) is 2.50. The summed E-state index contributed by atoms with van der Waals surface area (Å²) in [5.41, 5.74) is 1.69. The Labute approximate surface area is 92.1 Å². The number of anilines is 1. The fourth-order valence-electron chi connectivity index (χ4n) is 1.03. The van der Waals surface area contributed by atoms with Crippen LogP contribution in [0, 0.1) is 6.92 Å². The molecule has 1 atom stereocenters. The molecule has 1 aromatic heterocycles. The second kappa shape index (κ2) is 5.10. The molecule has 0 bridgehead atoms. The van der Waals surface area contributed by atoms with Crippen molar-refractivity contribution in [2.75, 3.05) is 5.32 Å².